The molecule has 0 bridgehead atoms. The molecule has 70 valence electrons. The topological polar surface area (TPSA) is 0 Å². The van der Waals surface area contributed by atoms with Gasteiger partial charge < -0.3 is 0 Å². The number of allylic oxidation sites excluding steroid dienone is 2. The van der Waals surface area contributed by atoms with Crippen molar-refractivity contribution in [3.05, 3.63) is 48.0 Å². The van der Waals surface area contributed by atoms with E-state index in [4.69, 9.17) is 0 Å². The van der Waals surface area contributed by atoms with Crippen LogP contribution in [0.4, 0.5) is 0 Å². The van der Waals surface area contributed by atoms with Gasteiger partial charge in [-0.3, -0.25) is 0 Å². The Labute approximate surface area is 81.3 Å². The lowest BCUT2D eigenvalue weighted by Gasteiger charge is -2.05. The van der Waals surface area contributed by atoms with E-state index in [1.54, 1.807) is 0 Å². The van der Waals surface area contributed by atoms with E-state index in [-0.39, 0.29) is 0 Å². The number of hydrogen-bond donors (Lipinski definition) is 0. The summed E-state index contributed by atoms with van der Waals surface area (Å²) in [6, 6.07) is 10.7. The van der Waals surface area contributed by atoms with Crippen LogP contribution in [0.2, 0.25) is 0 Å². The first-order valence-corrected chi connectivity index (χ1v) is 4.99. The Kier molecular flexibility index (Phi) is 4.31. The zero-order valence-corrected chi connectivity index (χ0v) is 8.53. The highest BCUT2D eigenvalue weighted by atomic mass is 14.0. The Bertz CT molecular complexity index is 246. The highest BCUT2D eigenvalue weighted by Gasteiger charge is 1.97. The standard InChI is InChI=1S/C13H18/c1-3-7-12(2)10-11-13-8-5-4-6-9-13/h3-9,12H,10-11H2,1-2H3/b7-3-/t12-/m0/s1. The lowest BCUT2D eigenvalue weighted by Crippen LogP contribution is -1.93. The molecule has 0 radical (unpaired) electrons. The predicted octanol–water partition coefficient (Wildman–Crippen LogP) is 3.83. The van der Waals surface area contributed by atoms with Gasteiger partial charge in [-0.25, -0.2) is 0 Å². The van der Waals surface area contributed by atoms with Gasteiger partial charge >= 0.3 is 0 Å². The molecule has 0 unspecified atom stereocenters. The second-order valence-electron chi connectivity index (χ2n) is 3.53. The van der Waals surface area contributed by atoms with E-state index < -0.39 is 0 Å². The third-order valence-corrected chi connectivity index (χ3v) is 2.25. The SMILES string of the molecule is C/C=C\[C@H](C)CCc1ccccc1. The van der Waals surface area contributed by atoms with Crippen molar-refractivity contribution < 1.29 is 0 Å². The third-order valence-electron chi connectivity index (χ3n) is 2.25. The lowest BCUT2D eigenvalue weighted by atomic mass is 10.0. The quantitative estimate of drug-likeness (QED) is 0.608. The smallest absolute Gasteiger partial charge is 0.0259 e. The maximum absolute atomic E-state index is 2.27. The number of rotatable bonds is 4. The van der Waals surface area contributed by atoms with E-state index in [0.717, 1.165) is 0 Å². The van der Waals surface area contributed by atoms with Crippen LogP contribution in [0.3, 0.4) is 0 Å². The van der Waals surface area contributed by atoms with Crippen LogP contribution in [0, 0.1) is 5.92 Å². The predicted molar refractivity (Wildman–Crippen MR) is 58.7 cm³/mol. The van der Waals surface area contributed by atoms with Gasteiger partial charge in [0.25, 0.3) is 0 Å². The van der Waals surface area contributed by atoms with Gasteiger partial charge in [-0.2, -0.15) is 0 Å². The van der Waals surface area contributed by atoms with Crippen molar-refractivity contribution >= 4 is 0 Å². The first kappa shape index (κ1) is 10.0. The summed E-state index contributed by atoms with van der Waals surface area (Å²) in [4.78, 5) is 0. The van der Waals surface area contributed by atoms with E-state index >= 15 is 0 Å². The van der Waals surface area contributed by atoms with Crippen LogP contribution in [0.5, 0.6) is 0 Å². The molecule has 0 nitrogen and oxygen atoms in total. The Hall–Kier alpha value is -1.04. The second kappa shape index (κ2) is 5.58. The molecule has 13 heavy (non-hydrogen) atoms. The average Bonchev–Trinajstić information content (AvgIpc) is 2.17. The molecule has 1 atom stereocenters. The minimum absolute atomic E-state index is 0.699. The summed E-state index contributed by atoms with van der Waals surface area (Å²) in [7, 11) is 0. The molecule has 0 fully saturated rings. The van der Waals surface area contributed by atoms with Crippen molar-refractivity contribution in [3.8, 4) is 0 Å². The Balaban J connectivity index is 2.35. The highest BCUT2D eigenvalue weighted by molar-refractivity contribution is 5.14. The fourth-order valence-electron chi connectivity index (χ4n) is 1.46. The maximum atomic E-state index is 2.27. The zero-order valence-electron chi connectivity index (χ0n) is 8.53. The molecule has 1 rings (SSSR count). The fraction of sp³-hybridized carbons (Fsp3) is 0.385. The molecule has 0 saturated heterocycles. The molecule has 0 N–H and O–H groups in total. The molecule has 1 aromatic rings. The summed E-state index contributed by atoms with van der Waals surface area (Å²) in [6.45, 7) is 4.35. The molecular formula is C13H18. The molecule has 0 saturated carbocycles. The van der Waals surface area contributed by atoms with Gasteiger partial charge in [0.2, 0.25) is 0 Å². The van der Waals surface area contributed by atoms with Crippen molar-refractivity contribution in [1.82, 2.24) is 0 Å². The van der Waals surface area contributed by atoms with Crippen molar-refractivity contribution in [3.63, 3.8) is 0 Å². The van der Waals surface area contributed by atoms with E-state index in [9.17, 15) is 0 Å². The summed E-state index contributed by atoms with van der Waals surface area (Å²) >= 11 is 0. The van der Waals surface area contributed by atoms with Gasteiger partial charge in [0.1, 0.15) is 0 Å². The highest BCUT2D eigenvalue weighted by Crippen LogP contribution is 2.10. The van der Waals surface area contributed by atoms with Crippen molar-refractivity contribution in [1.29, 1.82) is 0 Å². The van der Waals surface area contributed by atoms with Gasteiger partial charge in [-0.1, -0.05) is 49.4 Å². The monoisotopic (exact) mass is 174 g/mol. The van der Waals surface area contributed by atoms with Gasteiger partial charge in [-0.15, -0.1) is 0 Å². The van der Waals surface area contributed by atoms with Gasteiger partial charge in [0.05, 0.1) is 0 Å². The molecule has 1 aromatic carbocycles. The van der Waals surface area contributed by atoms with Crippen LogP contribution in [-0.2, 0) is 6.42 Å². The van der Waals surface area contributed by atoms with Crippen LogP contribution < -0.4 is 0 Å². The summed E-state index contributed by atoms with van der Waals surface area (Å²) in [5.41, 5.74) is 1.44. The Morgan fingerprint density at radius 1 is 1.23 bits per heavy atom. The van der Waals surface area contributed by atoms with Crippen LogP contribution in [0.15, 0.2) is 42.5 Å². The van der Waals surface area contributed by atoms with Crippen LogP contribution in [0.25, 0.3) is 0 Å². The molecule has 0 heterocycles. The number of aryl methyl sites for hydroxylation is 1. The van der Waals surface area contributed by atoms with Gasteiger partial charge in [-0.05, 0) is 31.2 Å². The minimum Gasteiger partial charge on any atom is -0.0914 e. The molecular weight excluding hydrogens is 156 g/mol. The first-order chi connectivity index (χ1) is 6.33. The molecule has 0 spiro atoms. The molecule has 0 aromatic heterocycles. The maximum Gasteiger partial charge on any atom is -0.0259 e. The molecule has 0 aliphatic carbocycles. The Morgan fingerprint density at radius 3 is 2.54 bits per heavy atom. The van der Waals surface area contributed by atoms with E-state index in [1.807, 2.05) is 0 Å². The van der Waals surface area contributed by atoms with Gasteiger partial charge in [0, 0.05) is 0 Å². The average molecular weight is 174 g/mol. The van der Waals surface area contributed by atoms with E-state index in [2.05, 4.69) is 56.3 Å². The lowest BCUT2D eigenvalue weighted by molar-refractivity contribution is 0.647. The summed E-state index contributed by atoms with van der Waals surface area (Å²) in [5.74, 6) is 0.699. The normalized spacial score (nSPS) is 13.4. The number of hydrogen-bond acceptors (Lipinski definition) is 0. The molecule has 0 aliphatic rings. The minimum atomic E-state index is 0.699. The van der Waals surface area contributed by atoms with Gasteiger partial charge in [0.15, 0.2) is 0 Å². The Morgan fingerprint density at radius 2 is 1.92 bits per heavy atom. The van der Waals surface area contributed by atoms with Crippen LogP contribution in [-0.4, -0.2) is 0 Å². The van der Waals surface area contributed by atoms with Crippen LogP contribution >= 0.6 is 0 Å². The fourth-order valence-corrected chi connectivity index (χ4v) is 1.46. The zero-order chi connectivity index (χ0) is 9.52. The molecule has 0 amide bonds. The van der Waals surface area contributed by atoms with Crippen molar-refractivity contribution in [2.24, 2.45) is 5.92 Å². The second-order valence-corrected chi connectivity index (χ2v) is 3.53. The van der Waals surface area contributed by atoms with E-state index in [0.29, 0.717) is 5.92 Å². The molecule has 0 heteroatoms. The summed E-state index contributed by atoms with van der Waals surface area (Å²) in [6.07, 6.45) is 6.83. The molecule has 0 aliphatic heterocycles. The largest absolute Gasteiger partial charge is 0.0914 e. The van der Waals surface area contributed by atoms with Crippen LogP contribution in [0.1, 0.15) is 25.8 Å². The van der Waals surface area contributed by atoms with E-state index in [1.165, 1.54) is 18.4 Å². The third kappa shape index (κ3) is 3.93. The van der Waals surface area contributed by atoms with Crippen molar-refractivity contribution in [2.45, 2.75) is 26.7 Å². The first-order valence-electron chi connectivity index (χ1n) is 4.99. The summed E-state index contributed by atoms with van der Waals surface area (Å²) < 4.78 is 0. The summed E-state index contributed by atoms with van der Waals surface area (Å²) in [5, 5.41) is 0. The number of benzene rings is 1. The van der Waals surface area contributed by atoms with Crippen molar-refractivity contribution in [2.75, 3.05) is 0 Å².